The molecule has 4 N–H and O–H groups in total. The average molecular weight is 458 g/mol. The number of nitrogens with one attached hydrogen (secondary N) is 2. The number of H-pyrrole nitrogens is 2. The van der Waals surface area contributed by atoms with E-state index in [1.165, 1.54) is 12.3 Å². The van der Waals surface area contributed by atoms with Crippen LogP contribution in [-0.4, -0.2) is 15.2 Å². The highest BCUT2D eigenvalue weighted by atomic mass is 79.9. The Hall–Kier alpha value is -2.90. The minimum atomic E-state index is -0.428. The fourth-order valence-corrected chi connectivity index (χ4v) is 4.72. The standard InChI is InChI=1S/C20H11BrClFN4O/c21-12-6-10-15(8-4-5-14(23)19-11(8)7-25-27-19)17(24)20(28)26-18(10)9-2-1-3-13(22)16(9)12/h1-7H,24H2,(H,25,27)(H,26,28). The van der Waals surface area contributed by atoms with E-state index in [-0.39, 0.29) is 11.2 Å². The Morgan fingerprint density at radius 1 is 1.11 bits per heavy atom. The molecule has 28 heavy (non-hydrogen) atoms. The van der Waals surface area contributed by atoms with Crippen molar-refractivity contribution in [1.29, 1.82) is 0 Å². The van der Waals surface area contributed by atoms with Gasteiger partial charge in [0.15, 0.2) is 0 Å². The Kier molecular flexibility index (Phi) is 3.72. The number of hydrogen-bond donors (Lipinski definition) is 3. The number of hydrogen-bond acceptors (Lipinski definition) is 3. The van der Waals surface area contributed by atoms with Gasteiger partial charge in [-0.1, -0.05) is 45.7 Å². The number of rotatable bonds is 1. The van der Waals surface area contributed by atoms with Gasteiger partial charge in [-0.05, 0) is 23.8 Å². The van der Waals surface area contributed by atoms with E-state index in [4.69, 9.17) is 17.3 Å². The predicted molar refractivity (Wildman–Crippen MR) is 114 cm³/mol. The lowest BCUT2D eigenvalue weighted by Gasteiger charge is -2.14. The third-order valence-corrected chi connectivity index (χ3v) is 5.86. The van der Waals surface area contributed by atoms with E-state index in [0.717, 1.165) is 15.2 Å². The summed E-state index contributed by atoms with van der Waals surface area (Å²) < 4.78 is 14.9. The van der Waals surface area contributed by atoms with Crippen LogP contribution in [0.5, 0.6) is 0 Å². The molecule has 5 nitrogen and oxygen atoms in total. The molecule has 5 rings (SSSR count). The van der Waals surface area contributed by atoms with Crippen LogP contribution in [0.25, 0.3) is 43.7 Å². The maximum atomic E-state index is 14.1. The maximum Gasteiger partial charge on any atom is 0.272 e. The topological polar surface area (TPSA) is 87.6 Å². The van der Waals surface area contributed by atoms with Gasteiger partial charge in [-0.25, -0.2) is 4.39 Å². The number of halogens is 3. The number of anilines is 1. The van der Waals surface area contributed by atoms with Gasteiger partial charge in [0, 0.05) is 36.6 Å². The zero-order valence-corrected chi connectivity index (χ0v) is 16.5. The molecule has 2 aromatic heterocycles. The highest BCUT2D eigenvalue weighted by molar-refractivity contribution is 9.10. The smallest absolute Gasteiger partial charge is 0.272 e. The van der Waals surface area contributed by atoms with Crippen LogP contribution < -0.4 is 11.3 Å². The summed E-state index contributed by atoms with van der Waals surface area (Å²) in [5, 5.41) is 9.98. The second-order valence-corrected chi connectivity index (χ2v) is 7.70. The van der Waals surface area contributed by atoms with Crippen molar-refractivity contribution < 1.29 is 4.39 Å². The molecule has 138 valence electrons. The van der Waals surface area contributed by atoms with Crippen LogP contribution in [0.2, 0.25) is 5.02 Å². The Balaban J connectivity index is 2.04. The van der Waals surface area contributed by atoms with Crippen LogP contribution in [0.4, 0.5) is 10.1 Å². The van der Waals surface area contributed by atoms with Crippen molar-refractivity contribution in [1.82, 2.24) is 15.2 Å². The van der Waals surface area contributed by atoms with Crippen molar-refractivity contribution in [2.45, 2.75) is 0 Å². The number of aromatic amines is 2. The largest absolute Gasteiger partial charge is 0.394 e. The van der Waals surface area contributed by atoms with Crippen LogP contribution in [0.1, 0.15) is 0 Å². The van der Waals surface area contributed by atoms with Crippen LogP contribution in [-0.2, 0) is 0 Å². The van der Waals surface area contributed by atoms with Crippen LogP contribution in [0.3, 0.4) is 0 Å². The number of fused-ring (bicyclic) bond motifs is 4. The van der Waals surface area contributed by atoms with E-state index < -0.39 is 11.4 Å². The van der Waals surface area contributed by atoms with Gasteiger partial charge in [0.05, 0.1) is 11.7 Å². The van der Waals surface area contributed by atoms with Crippen molar-refractivity contribution in [3.8, 4) is 11.1 Å². The summed E-state index contributed by atoms with van der Waals surface area (Å²) in [6, 6.07) is 10.3. The summed E-state index contributed by atoms with van der Waals surface area (Å²) in [6.45, 7) is 0. The summed E-state index contributed by atoms with van der Waals surface area (Å²) in [7, 11) is 0. The molecule has 3 aromatic carbocycles. The lowest BCUT2D eigenvalue weighted by Crippen LogP contribution is -2.13. The lowest BCUT2D eigenvalue weighted by molar-refractivity contribution is 0.636. The molecule has 0 aliphatic rings. The lowest BCUT2D eigenvalue weighted by atomic mass is 9.94. The zero-order chi connectivity index (χ0) is 19.6. The molecule has 5 aromatic rings. The summed E-state index contributed by atoms with van der Waals surface area (Å²) in [5.74, 6) is -0.428. The Labute approximate surface area is 170 Å². The van der Waals surface area contributed by atoms with E-state index >= 15 is 0 Å². The minimum absolute atomic E-state index is 0.0508. The quantitative estimate of drug-likeness (QED) is 0.296. The van der Waals surface area contributed by atoms with Gasteiger partial charge in [-0.3, -0.25) is 9.89 Å². The molecule has 0 unspecified atom stereocenters. The predicted octanol–water partition coefficient (Wildman–Crippen LogP) is 5.36. The van der Waals surface area contributed by atoms with Gasteiger partial charge in [-0.15, -0.1) is 0 Å². The first kappa shape index (κ1) is 17.2. The number of pyridine rings is 1. The first-order chi connectivity index (χ1) is 13.5. The Bertz CT molecular complexity index is 1490. The zero-order valence-electron chi connectivity index (χ0n) is 14.1. The Morgan fingerprint density at radius 3 is 2.75 bits per heavy atom. The van der Waals surface area contributed by atoms with E-state index in [9.17, 15) is 9.18 Å². The molecule has 0 saturated carbocycles. The third kappa shape index (κ3) is 2.30. The fraction of sp³-hybridized carbons (Fsp3) is 0. The van der Waals surface area contributed by atoms with Gasteiger partial charge >= 0.3 is 0 Å². The number of benzene rings is 3. The third-order valence-electron chi connectivity index (χ3n) is 4.92. The van der Waals surface area contributed by atoms with E-state index in [1.54, 1.807) is 12.1 Å². The van der Waals surface area contributed by atoms with Crippen molar-refractivity contribution >= 4 is 65.8 Å². The van der Waals surface area contributed by atoms with E-state index in [2.05, 4.69) is 31.1 Å². The van der Waals surface area contributed by atoms with Gasteiger partial charge in [0.2, 0.25) is 0 Å². The monoisotopic (exact) mass is 456 g/mol. The first-order valence-corrected chi connectivity index (χ1v) is 9.48. The summed E-state index contributed by atoms with van der Waals surface area (Å²) in [4.78, 5) is 15.5. The summed E-state index contributed by atoms with van der Waals surface area (Å²) in [5.41, 5.74) is 7.82. The maximum absolute atomic E-state index is 14.1. The molecule has 0 aliphatic heterocycles. The van der Waals surface area contributed by atoms with Gasteiger partial charge in [0.1, 0.15) is 17.0 Å². The highest BCUT2D eigenvalue weighted by Crippen LogP contribution is 2.41. The van der Waals surface area contributed by atoms with E-state index in [1.807, 2.05) is 18.2 Å². The molecule has 8 heteroatoms. The van der Waals surface area contributed by atoms with Gasteiger partial charge in [-0.2, -0.15) is 5.10 Å². The second-order valence-electron chi connectivity index (χ2n) is 6.44. The summed E-state index contributed by atoms with van der Waals surface area (Å²) >= 11 is 9.95. The van der Waals surface area contributed by atoms with Gasteiger partial charge < -0.3 is 10.7 Å². The van der Waals surface area contributed by atoms with Crippen LogP contribution in [0, 0.1) is 5.82 Å². The van der Waals surface area contributed by atoms with Crippen molar-refractivity contribution in [3.05, 3.63) is 68.3 Å². The second kappa shape index (κ2) is 6.05. The minimum Gasteiger partial charge on any atom is -0.394 e. The molecule has 0 saturated heterocycles. The number of aromatic nitrogens is 3. The summed E-state index contributed by atoms with van der Waals surface area (Å²) in [6.07, 6.45) is 1.52. The number of nitrogen functional groups attached to an aromatic ring is 1. The molecule has 0 bridgehead atoms. The highest BCUT2D eigenvalue weighted by Gasteiger charge is 2.19. The number of nitrogens with two attached hydrogens (primary N) is 1. The molecule has 0 spiro atoms. The molecule has 0 aliphatic carbocycles. The first-order valence-electron chi connectivity index (χ1n) is 8.31. The molecular weight excluding hydrogens is 447 g/mol. The molecule has 0 radical (unpaired) electrons. The average Bonchev–Trinajstić information content (AvgIpc) is 3.16. The number of nitrogens with zero attached hydrogens (tertiary/aromatic N) is 1. The van der Waals surface area contributed by atoms with Gasteiger partial charge in [0.25, 0.3) is 5.56 Å². The van der Waals surface area contributed by atoms with Crippen molar-refractivity contribution in [2.24, 2.45) is 0 Å². The van der Waals surface area contributed by atoms with Crippen LogP contribution in [0.15, 0.2) is 51.9 Å². The SMILES string of the molecule is Nc1c(-c2ccc(F)c3[nH]ncc23)c2cc(Br)c3c(Cl)cccc3c2[nH]c1=O. The van der Waals surface area contributed by atoms with E-state index in [0.29, 0.717) is 32.4 Å². The molecule has 2 heterocycles. The normalized spacial score (nSPS) is 11.7. The molecule has 0 atom stereocenters. The van der Waals surface area contributed by atoms with Crippen molar-refractivity contribution in [2.75, 3.05) is 5.73 Å². The molecular formula is C20H11BrClFN4O. The molecule has 0 fully saturated rings. The molecule has 0 amide bonds. The fourth-order valence-electron chi connectivity index (χ4n) is 3.67. The Morgan fingerprint density at radius 2 is 1.93 bits per heavy atom. The van der Waals surface area contributed by atoms with Crippen LogP contribution >= 0.6 is 27.5 Å². The van der Waals surface area contributed by atoms with Crippen molar-refractivity contribution in [3.63, 3.8) is 0 Å².